The molecule has 1 saturated heterocycles. The molecule has 2 N–H and O–H groups in total. The van der Waals surface area contributed by atoms with Crippen LogP contribution in [0.1, 0.15) is 45.6 Å². The van der Waals surface area contributed by atoms with Crippen molar-refractivity contribution in [3.8, 4) is 0 Å². The standard InChI is InChI=1S/C21H30N2O5/c1-21(2,3)28-20(27)22-18(19(25)26)16-11-13-23(14-12-16)17(24)10-9-15-7-5-4-6-8-15/h4-8,16,18H,9-14H2,1-3H3,(H,22,27)(H,25,26). The highest BCUT2D eigenvalue weighted by atomic mass is 16.6. The number of carbonyl (C=O) groups excluding carboxylic acids is 2. The van der Waals surface area contributed by atoms with Crippen LogP contribution in [0.4, 0.5) is 4.79 Å². The molecule has 7 nitrogen and oxygen atoms in total. The van der Waals surface area contributed by atoms with Gasteiger partial charge >= 0.3 is 12.1 Å². The van der Waals surface area contributed by atoms with Gasteiger partial charge in [0, 0.05) is 19.5 Å². The highest BCUT2D eigenvalue weighted by Crippen LogP contribution is 2.22. The minimum Gasteiger partial charge on any atom is -0.480 e. The van der Waals surface area contributed by atoms with Crippen LogP contribution < -0.4 is 5.32 Å². The largest absolute Gasteiger partial charge is 0.480 e. The SMILES string of the molecule is CC(C)(C)OC(=O)NC(C(=O)O)C1CCN(C(=O)CCc2ccccc2)CC1. The van der Waals surface area contributed by atoms with Gasteiger partial charge in [0.25, 0.3) is 0 Å². The fourth-order valence-corrected chi connectivity index (χ4v) is 3.35. The molecule has 1 fully saturated rings. The lowest BCUT2D eigenvalue weighted by Gasteiger charge is -2.35. The summed E-state index contributed by atoms with van der Waals surface area (Å²) in [7, 11) is 0. The van der Waals surface area contributed by atoms with E-state index in [4.69, 9.17) is 4.74 Å². The van der Waals surface area contributed by atoms with Crippen molar-refractivity contribution < 1.29 is 24.2 Å². The second-order valence-corrected chi connectivity index (χ2v) is 8.17. The van der Waals surface area contributed by atoms with Crippen molar-refractivity contribution in [1.29, 1.82) is 0 Å². The molecule has 0 saturated carbocycles. The van der Waals surface area contributed by atoms with Crippen LogP contribution in [-0.4, -0.2) is 52.7 Å². The van der Waals surface area contributed by atoms with Gasteiger partial charge in [-0.15, -0.1) is 0 Å². The third-order valence-electron chi connectivity index (χ3n) is 4.77. The number of ether oxygens (including phenoxy) is 1. The maximum Gasteiger partial charge on any atom is 0.408 e. The van der Waals surface area contributed by atoms with Gasteiger partial charge in [-0.25, -0.2) is 9.59 Å². The van der Waals surface area contributed by atoms with Crippen molar-refractivity contribution in [1.82, 2.24) is 10.2 Å². The number of alkyl carbamates (subject to hydrolysis) is 1. The minimum atomic E-state index is -1.08. The molecule has 1 atom stereocenters. The van der Waals surface area contributed by atoms with Crippen molar-refractivity contribution in [2.45, 2.75) is 58.1 Å². The van der Waals surface area contributed by atoms with E-state index in [2.05, 4.69) is 5.32 Å². The van der Waals surface area contributed by atoms with Crippen LogP contribution in [0, 0.1) is 5.92 Å². The third-order valence-corrected chi connectivity index (χ3v) is 4.77. The average molecular weight is 390 g/mol. The van der Waals surface area contributed by atoms with E-state index in [1.165, 1.54) is 0 Å². The molecule has 1 unspecified atom stereocenters. The molecule has 0 radical (unpaired) electrons. The highest BCUT2D eigenvalue weighted by molar-refractivity contribution is 5.80. The van der Waals surface area contributed by atoms with Gasteiger partial charge in [-0.2, -0.15) is 0 Å². The maximum atomic E-state index is 12.4. The fourth-order valence-electron chi connectivity index (χ4n) is 3.35. The van der Waals surface area contributed by atoms with Crippen molar-refractivity contribution in [3.63, 3.8) is 0 Å². The molecule has 1 aromatic carbocycles. The van der Waals surface area contributed by atoms with Crippen molar-refractivity contribution in [2.24, 2.45) is 5.92 Å². The van der Waals surface area contributed by atoms with Gasteiger partial charge < -0.3 is 20.1 Å². The van der Waals surface area contributed by atoms with Gasteiger partial charge in [-0.05, 0) is 51.5 Å². The van der Waals surface area contributed by atoms with Crippen LogP contribution in [0.2, 0.25) is 0 Å². The molecular formula is C21H30N2O5. The Labute approximate surface area is 166 Å². The number of aryl methyl sites for hydroxylation is 1. The zero-order valence-corrected chi connectivity index (χ0v) is 16.8. The van der Waals surface area contributed by atoms with Gasteiger partial charge in [-0.3, -0.25) is 4.79 Å². The first-order chi connectivity index (χ1) is 13.2. The van der Waals surface area contributed by atoms with Gasteiger partial charge in [0.15, 0.2) is 0 Å². The number of nitrogens with zero attached hydrogens (tertiary/aromatic N) is 1. The first kappa shape index (κ1) is 21.7. The molecule has 28 heavy (non-hydrogen) atoms. The predicted molar refractivity (Wildman–Crippen MR) is 105 cm³/mol. The number of piperidine rings is 1. The Morgan fingerprint density at radius 1 is 1.18 bits per heavy atom. The molecule has 0 aliphatic carbocycles. The number of amides is 2. The van der Waals surface area contributed by atoms with E-state index in [1.807, 2.05) is 30.3 Å². The Hall–Kier alpha value is -2.57. The molecule has 2 amide bonds. The number of benzene rings is 1. The van der Waals surface area contributed by atoms with E-state index in [0.29, 0.717) is 38.8 Å². The van der Waals surface area contributed by atoms with Gasteiger partial charge in [0.05, 0.1) is 0 Å². The predicted octanol–water partition coefficient (Wildman–Crippen LogP) is 2.84. The lowest BCUT2D eigenvalue weighted by atomic mass is 9.89. The smallest absolute Gasteiger partial charge is 0.408 e. The summed E-state index contributed by atoms with van der Waals surface area (Å²) in [6.45, 7) is 6.17. The number of carboxylic acid groups (broad SMARTS) is 1. The van der Waals surface area contributed by atoms with Crippen LogP contribution in [-0.2, 0) is 20.7 Å². The summed E-state index contributed by atoms with van der Waals surface area (Å²) >= 11 is 0. The second kappa shape index (κ2) is 9.57. The number of carbonyl (C=O) groups is 3. The summed E-state index contributed by atoms with van der Waals surface area (Å²) in [6.07, 6.45) is 1.46. The number of hydrogen-bond acceptors (Lipinski definition) is 4. The first-order valence-electron chi connectivity index (χ1n) is 9.70. The zero-order valence-electron chi connectivity index (χ0n) is 16.8. The Morgan fingerprint density at radius 2 is 1.79 bits per heavy atom. The summed E-state index contributed by atoms with van der Waals surface area (Å²) in [5, 5.41) is 12.0. The van der Waals surface area contributed by atoms with Crippen LogP contribution in [0.3, 0.4) is 0 Å². The Morgan fingerprint density at radius 3 is 2.32 bits per heavy atom. The van der Waals surface area contributed by atoms with Crippen LogP contribution in [0.5, 0.6) is 0 Å². The first-order valence-corrected chi connectivity index (χ1v) is 9.70. The van der Waals surface area contributed by atoms with Gasteiger partial charge in [-0.1, -0.05) is 30.3 Å². The molecule has 2 rings (SSSR count). The second-order valence-electron chi connectivity index (χ2n) is 8.17. The Bertz CT molecular complexity index is 676. The number of hydrogen-bond donors (Lipinski definition) is 2. The highest BCUT2D eigenvalue weighted by Gasteiger charge is 2.34. The van der Waals surface area contributed by atoms with Gasteiger partial charge in [0.2, 0.25) is 5.91 Å². The van der Waals surface area contributed by atoms with Crippen molar-refractivity contribution in [3.05, 3.63) is 35.9 Å². The summed E-state index contributed by atoms with van der Waals surface area (Å²) < 4.78 is 5.16. The normalized spacial score (nSPS) is 16.3. The van der Waals surface area contributed by atoms with E-state index in [-0.39, 0.29) is 11.8 Å². The number of likely N-dealkylation sites (tertiary alicyclic amines) is 1. The Kier molecular flexibility index (Phi) is 7.43. The molecule has 1 aliphatic heterocycles. The van der Waals surface area contributed by atoms with Crippen molar-refractivity contribution in [2.75, 3.05) is 13.1 Å². The molecule has 1 aromatic rings. The molecule has 0 spiro atoms. The summed E-state index contributed by atoms with van der Waals surface area (Å²) in [5.41, 5.74) is 0.431. The fraction of sp³-hybridized carbons (Fsp3) is 0.571. The minimum absolute atomic E-state index is 0.0780. The molecule has 154 valence electrons. The monoisotopic (exact) mass is 390 g/mol. The van der Waals surface area contributed by atoms with E-state index in [0.717, 1.165) is 5.56 Å². The van der Waals surface area contributed by atoms with Crippen molar-refractivity contribution >= 4 is 18.0 Å². The van der Waals surface area contributed by atoms with Crippen LogP contribution >= 0.6 is 0 Å². The summed E-state index contributed by atoms with van der Waals surface area (Å²) in [6, 6.07) is 8.83. The third kappa shape index (κ3) is 6.87. The quantitative estimate of drug-likeness (QED) is 0.779. The van der Waals surface area contributed by atoms with E-state index < -0.39 is 23.7 Å². The number of rotatable bonds is 6. The number of nitrogens with one attached hydrogen (secondary N) is 1. The maximum absolute atomic E-state index is 12.4. The summed E-state index contributed by atoms with van der Waals surface area (Å²) in [5.74, 6) is -1.24. The zero-order chi connectivity index (χ0) is 20.7. The van der Waals surface area contributed by atoms with Crippen LogP contribution in [0.25, 0.3) is 0 Å². The molecule has 0 bridgehead atoms. The average Bonchev–Trinajstić information content (AvgIpc) is 2.63. The molecule has 7 heteroatoms. The van der Waals surface area contributed by atoms with E-state index in [1.54, 1.807) is 25.7 Å². The van der Waals surface area contributed by atoms with Gasteiger partial charge in [0.1, 0.15) is 11.6 Å². The summed E-state index contributed by atoms with van der Waals surface area (Å²) in [4.78, 5) is 37.8. The molecule has 1 aliphatic rings. The molecular weight excluding hydrogens is 360 g/mol. The Balaban J connectivity index is 1.83. The molecule has 0 aromatic heterocycles. The molecule has 1 heterocycles. The van der Waals surface area contributed by atoms with Crippen LogP contribution in [0.15, 0.2) is 30.3 Å². The van der Waals surface area contributed by atoms with E-state index >= 15 is 0 Å². The lowest BCUT2D eigenvalue weighted by Crippen LogP contribution is -2.51. The number of aliphatic carboxylic acids is 1. The van der Waals surface area contributed by atoms with E-state index in [9.17, 15) is 19.5 Å². The number of carboxylic acids is 1. The topological polar surface area (TPSA) is 95.9 Å². The lowest BCUT2D eigenvalue weighted by molar-refractivity contribution is -0.141.